The first-order valence-electron chi connectivity index (χ1n) is 8.78. The minimum atomic E-state index is 0.245. The molecular weight excluding hydrogens is 332 g/mol. The Labute approximate surface area is 154 Å². The molecule has 0 amide bonds. The van der Waals surface area contributed by atoms with Gasteiger partial charge in [-0.2, -0.15) is 5.26 Å². The first-order valence-corrected chi connectivity index (χ1v) is 9.16. The largest absolute Gasteiger partial charge is 0.490 e. The van der Waals surface area contributed by atoms with E-state index in [1.54, 1.807) is 6.07 Å². The zero-order valence-electron chi connectivity index (χ0n) is 14.7. The summed E-state index contributed by atoms with van der Waals surface area (Å²) in [7, 11) is 0. The first-order chi connectivity index (χ1) is 12.1. The molecule has 4 heteroatoms. The van der Waals surface area contributed by atoms with Gasteiger partial charge in [0, 0.05) is 31.6 Å². The molecule has 0 aliphatic carbocycles. The molecule has 1 aliphatic rings. The van der Waals surface area contributed by atoms with Crippen molar-refractivity contribution >= 4 is 17.3 Å². The van der Waals surface area contributed by atoms with Crippen molar-refractivity contribution in [3.63, 3.8) is 0 Å². The molecule has 0 N–H and O–H groups in total. The summed E-state index contributed by atoms with van der Waals surface area (Å²) in [6, 6.07) is 16.2. The maximum absolute atomic E-state index is 8.98. The summed E-state index contributed by atoms with van der Waals surface area (Å²) in [4.78, 5) is 2.30. The van der Waals surface area contributed by atoms with Gasteiger partial charge in [0.15, 0.2) is 0 Å². The highest BCUT2D eigenvalue weighted by molar-refractivity contribution is 6.32. The van der Waals surface area contributed by atoms with E-state index in [2.05, 4.69) is 49.1 Å². The summed E-state index contributed by atoms with van der Waals surface area (Å²) in [5.74, 6) is 1.49. The molecule has 2 aromatic rings. The standard InChI is InChI=1S/C21H23ClN2O/c1-15(2)16-4-7-19(8-5-16)25-20-9-11-24(12-10-20)18-6-3-17(14-23)21(22)13-18/h3-8,13,15,20H,9-12H2,1-2H3. The Morgan fingerprint density at radius 3 is 2.36 bits per heavy atom. The molecule has 2 aromatic carbocycles. The highest BCUT2D eigenvalue weighted by Gasteiger charge is 2.21. The molecule has 0 aromatic heterocycles. The van der Waals surface area contributed by atoms with Crippen molar-refractivity contribution in [1.82, 2.24) is 0 Å². The van der Waals surface area contributed by atoms with Gasteiger partial charge in [-0.25, -0.2) is 0 Å². The minimum absolute atomic E-state index is 0.245. The Hall–Kier alpha value is -2.18. The van der Waals surface area contributed by atoms with Crippen LogP contribution in [0.4, 0.5) is 5.69 Å². The molecule has 0 unspecified atom stereocenters. The van der Waals surface area contributed by atoms with Crippen molar-refractivity contribution in [2.24, 2.45) is 0 Å². The van der Waals surface area contributed by atoms with Gasteiger partial charge in [0.25, 0.3) is 0 Å². The molecular formula is C21H23ClN2O. The van der Waals surface area contributed by atoms with Gasteiger partial charge in [-0.1, -0.05) is 37.6 Å². The number of hydrogen-bond acceptors (Lipinski definition) is 3. The number of nitrogens with zero attached hydrogens (tertiary/aromatic N) is 2. The molecule has 130 valence electrons. The normalized spacial score (nSPS) is 15.2. The minimum Gasteiger partial charge on any atom is -0.490 e. The number of ether oxygens (including phenoxy) is 1. The van der Waals surface area contributed by atoms with E-state index < -0.39 is 0 Å². The van der Waals surface area contributed by atoms with Gasteiger partial charge < -0.3 is 9.64 Å². The van der Waals surface area contributed by atoms with Crippen molar-refractivity contribution in [2.45, 2.75) is 38.7 Å². The van der Waals surface area contributed by atoms with Gasteiger partial charge in [-0.15, -0.1) is 0 Å². The molecule has 3 nitrogen and oxygen atoms in total. The Bertz CT molecular complexity index is 756. The van der Waals surface area contributed by atoms with Crippen LogP contribution < -0.4 is 9.64 Å². The third-order valence-corrected chi connectivity index (χ3v) is 5.04. The molecule has 25 heavy (non-hydrogen) atoms. The topological polar surface area (TPSA) is 36.3 Å². The van der Waals surface area contributed by atoms with Crippen LogP contribution >= 0.6 is 11.6 Å². The molecule has 1 aliphatic heterocycles. The smallest absolute Gasteiger partial charge is 0.119 e. The number of benzene rings is 2. The molecule has 1 heterocycles. The number of hydrogen-bond donors (Lipinski definition) is 0. The average molecular weight is 355 g/mol. The summed E-state index contributed by atoms with van der Waals surface area (Å²) < 4.78 is 6.14. The quantitative estimate of drug-likeness (QED) is 0.739. The Morgan fingerprint density at radius 2 is 1.80 bits per heavy atom. The number of rotatable bonds is 4. The van der Waals surface area contributed by atoms with Crippen LogP contribution in [0.15, 0.2) is 42.5 Å². The van der Waals surface area contributed by atoms with E-state index in [1.807, 2.05) is 12.1 Å². The second-order valence-electron chi connectivity index (χ2n) is 6.80. The lowest BCUT2D eigenvalue weighted by Crippen LogP contribution is -2.38. The second kappa shape index (κ2) is 7.80. The summed E-state index contributed by atoms with van der Waals surface area (Å²) >= 11 is 6.15. The molecule has 1 fully saturated rings. The fourth-order valence-electron chi connectivity index (χ4n) is 3.15. The molecule has 0 bridgehead atoms. The lowest BCUT2D eigenvalue weighted by atomic mass is 10.0. The summed E-state index contributed by atoms with van der Waals surface area (Å²) in [6.45, 7) is 6.25. The van der Waals surface area contributed by atoms with Crippen LogP contribution in [0, 0.1) is 11.3 Å². The van der Waals surface area contributed by atoms with Gasteiger partial charge in [0.2, 0.25) is 0 Å². The van der Waals surface area contributed by atoms with Crippen molar-refractivity contribution in [1.29, 1.82) is 5.26 Å². The third-order valence-electron chi connectivity index (χ3n) is 4.73. The van der Waals surface area contributed by atoms with Crippen LogP contribution in [0.1, 0.15) is 43.7 Å². The van der Waals surface area contributed by atoms with Crippen molar-refractivity contribution < 1.29 is 4.74 Å². The summed E-state index contributed by atoms with van der Waals surface area (Å²) in [6.07, 6.45) is 2.20. The fourth-order valence-corrected chi connectivity index (χ4v) is 3.36. The molecule has 3 rings (SSSR count). The predicted molar refractivity (Wildman–Crippen MR) is 103 cm³/mol. The predicted octanol–water partition coefficient (Wildman–Crippen LogP) is 5.38. The zero-order valence-corrected chi connectivity index (χ0v) is 15.5. The lowest BCUT2D eigenvalue weighted by molar-refractivity contribution is 0.171. The van der Waals surface area contributed by atoms with E-state index in [4.69, 9.17) is 21.6 Å². The van der Waals surface area contributed by atoms with E-state index in [0.717, 1.165) is 37.4 Å². The van der Waals surface area contributed by atoms with E-state index in [1.165, 1.54) is 5.56 Å². The number of piperidine rings is 1. The SMILES string of the molecule is CC(C)c1ccc(OC2CCN(c3ccc(C#N)c(Cl)c3)CC2)cc1. The number of anilines is 1. The molecule has 0 spiro atoms. The molecule has 0 radical (unpaired) electrons. The average Bonchev–Trinajstić information content (AvgIpc) is 2.63. The maximum Gasteiger partial charge on any atom is 0.119 e. The maximum atomic E-state index is 8.98. The van der Waals surface area contributed by atoms with Gasteiger partial charge in [-0.05, 0) is 41.8 Å². The van der Waals surface area contributed by atoms with Gasteiger partial charge >= 0.3 is 0 Å². The lowest BCUT2D eigenvalue weighted by Gasteiger charge is -2.34. The van der Waals surface area contributed by atoms with Crippen molar-refractivity contribution in [2.75, 3.05) is 18.0 Å². The Morgan fingerprint density at radius 1 is 1.12 bits per heavy atom. The van der Waals surface area contributed by atoms with Crippen LogP contribution in [-0.2, 0) is 0 Å². The molecule has 0 saturated carbocycles. The highest BCUT2D eigenvalue weighted by atomic mass is 35.5. The van der Waals surface area contributed by atoms with E-state index >= 15 is 0 Å². The van der Waals surface area contributed by atoms with E-state index in [-0.39, 0.29) is 6.10 Å². The van der Waals surface area contributed by atoms with Gasteiger partial charge in [0.05, 0.1) is 10.6 Å². The Balaban J connectivity index is 1.56. The van der Waals surface area contributed by atoms with Crippen LogP contribution in [-0.4, -0.2) is 19.2 Å². The van der Waals surface area contributed by atoms with Crippen LogP contribution in [0.3, 0.4) is 0 Å². The summed E-state index contributed by atoms with van der Waals surface area (Å²) in [5, 5.41) is 9.49. The second-order valence-corrected chi connectivity index (χ2v) is 7.21. The fraction of sp³-hybridized carbons (Fsp3) is 0.381. The van der Waals surface area contributed by atoms with Crippen LogP contribution in [0.25, 0.3) is 0 Å². The van der Waals surface area contributed by atoms with Crippen LogP contribution in [0.5, 0.6) is 5.75 Å². The monoisotopic (exact) mass is 354 g/mol. The third kappa shape index (κ3) is 4.27. The van der Waals surface area contributed by atoms with Gasteiger partial charge in [-0.3, -0.25) is 0 Å². The number of halogens is 1. The van der Waals surface area contributed by atoms with E-state index in [0.29, 0.717) is 16.5 Å². The highest BCUT2D eigenvalue weighted by Crippen LogP contribution is 2.27. The zero-order chi connectivity index (χ0) is 17.8. The van der Waals surface area contributed by atoms with Crippen LogP contribution in [0.2, 0.25) is 5.02 Å². The summed E-state index contributed by atoms with van der Waals surface area (Å²) in [5.41, 5.74) is 2.93. The van der Waals surface area contributed by atoms with Crippen molar-refractivity contribution in [3.05, 3.63) is 58.6 Å². The van der Waals surface area contributed by atoms with Crippen molar-refractivity contribution in [3.8, 4) is 11.8 Å². The van der Waals surface area contributed by atoms with Gasteiger partial charge in [0.1, 0.15) is 17.9 Å². The molecule has 1 saturated heterocycles. The Kier molecular flexibility index (Phi) is 5.50. The molecule has 0 atom stereocenters. The number of nitriles is 1. The first kappa shape index (κ1) is 17.6. The van der Waals surface area contributed by atoms with E-state index in [9.17, 15) is 0 Å².